The van der Waals surface area contributed by atoms with E-state index in [0.29, 0.717) is 19.0 Å². The van der Waals surface area contributed by atoms with E-state index in [9.17, 15) is 5.11 Å². The van der Waals surface area contributed by atoms with Crippen molar-refractivity contribution in [1.29, 1.82) is 0 Å². The summed E-state index contributed by atoms with van der Waals surface area (Å²) < 4.78 is 5.94. The Morgan fingerprint density at radius 1 is 1.28 bits per heavy atom. The third kappa shape index (κ3) is 6.09. The van der Waals surface area contributed by atoms with Gasteiger partial charge >= 0.3 is 0 Å². The molecule has 2 aliphatic heterocycles. The van der Waals surface area contributed by atoms with E-state index in [1.807, 2.05) is 12.4 Å². The average Bonchev–Trinajstić information content (AvgIpc) is 3.77. The van der Waals surface area contributed by atoms with E-state index in [1.54, 1.807) is 13.8 Å². The maximum Gasteiger partial charge on any atom is 0.156 e. The van der Waals surface area contributed by atoms with Gasteiger partial charge in [-0.2, -0.15) is 0 Å². The molecule has 3 atom stereocenters. The molecular formula is C29H39N5O2. The van der Waals surface area contributed by atoms with Gasteiger partial charge in [-0.25, -0.2) is 4.98 Å². The van der Waals surface area contributed by atoms with Crippen LogP contribution in [0.4, 0.5) is 11.5 Å². The summed E-state index contributed by atoms with van der Waals surface area (Å²) in [6, 6.07) is 12.6. The highest BCUT2D eigenvalue weighted by Gasteiger charge is 2.40. The number of nitrogens with zero attached hydrogens (tertiary/aromatic N) is 2. The van der Waals surface area contributed by atoms with Crippen LogP contribution in [0.15, 0.2) is 61.1 Å². The maximum absolute atomic E-state index is 9.92. The molecule has 0 amide bonds. The van der Waals surface area contributed by atoms with Gasteiger partial charge in [0.1, 0.15) is 11.9 Å². The molecule has 1 saturated carbocycles. The van der Waals surface area contributed by atoms with Crippen molar-refractivity contribution >= 4 is 17.1 Å². The second-order valence-corrected chi connectivity index (χ2v) is 11.0. The van der Waals surface area contributed by atoms with Crippen LogP contribution in [0.3, 0.4) is 0 Å². The minimum atomic E-state index is -0.779. The van der Waals surface area contributed by atoms with Crippen LogP contribution < -0.4 is 21.3 Å². The fraction of sp³-hybridized carbons (Fsp3) is 0.483. The summed E-state index contributed by atoms with van der Waals surface area (Å²) in [7, 11) is 0. The lowest BCUT2D eigenvalue weighted by atomic mass is 10.0. The van der Waals surface area contributed by atoms with E-state index in [1.165, 1.54) is 30.5 Å². The molecule has 3 heterocycles. The molecule has 1 aromatic carbocycles. The molecular weight excluding hydrogens is 450 g/mol. The van der Waals surface area contributed by atoms with E-state index < -0.39 is 5.60 Å². The Kier molecular flexibility index (Phi) is 7.06. The normalized spacial score (nSPS) is 24.2. The lowest BCUT2D eigenvalue weighted by molar-refractivity contribution is 0.0836. The van der Waals surface area contributed by atoms with Crippen LogP contribution in [0.5, 0.6) is 0 Å². The molecule has 3 fully saturated rings. The van der Waals surface area contributed by atoms with Crippen molar-refractivity contribution in [2.45, 2.75) is 57.5 Å². The first-order valence-electron chi connectivity index (χ1n) is 13.1. The van der Waals surface area contributed by atoms with Crippen molar-refractivity contribution in [3.05, 3.63) is 72.2 Å². The van der Waals surface area contributed by atoms with E-state index in [4.69, 9.17) is 10.5 Å². The highest BCUT2D eigenvalue weighted by molar-refractivity contribution is 5.67. The van der Waals surface area contributed by atoms with Crippen molar-refractivity contribution in [2.75, 3.05) is 29.9 Å². The summed E-state index contributed by atoms with van der Waals surface area (Å²) in [5, 5.41) is 16.5. The van der Waals surface area contributed by atoms with Gasteiger partial charge in [0.05, 0.1) is 5.60 Å². The van der Waals surface area contributed by atoms with Gasteiger partial charge in [-0.15, -0.1) is 0 Å². The van der Waals surface area contributed by atoms with Gasteiger partial charge in [0.25, 0.3) is 0 Å². The van der Waals surface area contributed by atoms with Crippen LogP contribution in [0.25, 0.3) is 5.57 Å². The highest BCUT2D eigenvalue weighted by atomic mass is 16.6. The van der Waals surface area contributed by atoms with Crippen LogP contribution >= 0.6 is 0 Å². The van der Waals surface area contributed by atoms with Gasteiger partial charge in [-0.1, -0.05) is 30.8 Å². The van der Waals surface area contributed by atoms with Crippen LogP contribution in [0.1, 0.15) is 44.2 Å². The zero-order valence-corrected chi connectivity index (χ0v) is 21.4. The lowest BCUT2D eigenvalue weighted by Crippen LogP contribution is -2.32. The summed E-state index contributed by atoms with van der Waals surface area (Å²) >= 11 is 0. The Balaban J connectivity index is 1.16. The molecule has 2 aromatic rings. The van der Waals surface area contributed by atoms with Crippen LogP contribution in [-0.4, -0.2) is 47.7 Å². The van der Waals surface area contributed by atoms with Crippen molar-refractivity contribution in [1.82, 2.24) is 10.3 Å². The van der Waals surface area contributed by atoms with Crippen molar-refractivity contribution in [3.8, 4) is 0 Å². The molecule has 1 aliphatic carbocycles. The Hall–Kier alpha value is -2.87. The molecule has 3 aliphatic rings. The number of rotatable bonds is 11. The summed E-state index contributed by atoms with van der Waals surface area (Å²) in [4.78, 5) is 6.88. The largest absolute Gasteiger partial charge is 0.389 e. The molecule has 192 valence electrons. The quantitative estimate of drug-likeness (QED) is 0.356. The van der Waals surface area contributed by atoms with Crippen LogP contribution in [0.2, 0.25) is 0 Å². The van der Waals surface area contributed by atoms with Gasteiger partial charge in [-0.05, 0) is 61.8 Å². The number of nitrogens with two attached hydrogens (primary N) is 1. The maximum atomic E-state index is 9.92. The summed E-state index contributed by atoms with van der Waals surface area (Å²) in [6.45, 7) is 9.86. The first-order valence-corrected chi connectivity index (χ1v) is 13.1. The van der Waals surface area contributed by atoms with Crippen LogP contribution in [0, 0.1) is 11.8 Å². The number of allylic oxidation sites excluding steroid dienone is 1. The highest BCUT2D eigenvalue weighted by Crippen LogP contribution is 2.47. The van der Waals surface area contributed by atoms with Gasteiger partial charge < -0.3 is 31.1 Å². The zero-order valence-electron chi connectivity index (χ0n) is 21.4. The Bertz CT molecular complexity index is 1120. The number of anilines is 2. The fourth-order valence-electron chi connectivity index (χ4n) is 5.13. The molecule has 36 heavy (non-hydrogen) atoms. The first kappa shape index (κ1) is 24.8. The summed E-state index contributed by atoms with van der Waals surface area (Å²) in [5.74, 6) is 2.33. The Morgan fingerprint density at radius 2 is 2.11 bits per heavy atom. The lowest BCUT2D eigenvalue weighted by Gasteiger charge is -2.22. The first-order chi connectivity index (χ1) is 17.3. The number of aliphatic hydroxyl groups is 1. The predicted molar refractivity (Wildman–Crippen MR) is 145 cm³/mol. The molecule has 3 unspecified atom stereocenters. The monoisotopic (exact) mass is 489 g/mol. The summed E-state index contributed by atoms with van der Waals surface area (Å²) in [5.41, 5.74) is 10.9. The smallest absolute Gasteiger partial charge is 0.156 e. The van der Waals surface area contributed by atoms with Crippen molar-refractivity contribution in [3.63, 3.8) is 0 Å². The van der Waals surface area contributed by atoms with Crippen molar-refractivity contribution in [2.24, 2.45) is 17.6 Å². The number of pyridine rings is 1. The van der Waals surface area contributed by atoms with E-state index >= 15 is 0 Å². The topological polar surface area (TPSA) is 99.0 Å². The van der Waals surface area contributed by atoms with E-state index in [0.717, 1.165) is 41.5 Å². The minimum absolute atomic E-state index is 0.0460. The zero-order chi connectivity index (χ0) is 25.3. The molecule has 0 bridgehead atoms. The number of hydrogen-bond acceptors (Lipinski definition) is 7. The Morgan fingerprint density at radius 3 is 2.86 bits per heavy atom. The summed E-state index contributed by atoms with van der Waals surface area (Å²) in [6.07, 6.45) is 8.54. The molecule has 0 spiro atoms. The number of benzene rings is 1. The molecule has 1 aromatic heterocycles. The number of epoxide rings is 1. The molecule has 5 N–H and O–H groups in total. The van der Waals surface area contributed by atoms with Gasteiger partial charge in [0.2, 0.25) is 0 Å². The number of aromatic nitrogens is 1. The van der Waals surface area contributed by atoms with Gasteiger partial charge in [-0.3, -0.25) is 0 Å². The van der Waals surface area contributed by atoms with Gasteiger partial charge in [0.15, 0.2) is 6.23 Å². The molecule has 5 rings (SSSR count). The van der Waals surface area contributed by atoms with E-state index in [-0.39, 0.29) is 12.3 Å². The van der Waals surface area contributed by atoms with E-state index in [2.05, 4.69) is 63.5 Å². The third-order valence-electron chi connectivity index (χ3n) is 7.32. The molecule has 2 saturated heterocycles. The predicted octanol–water partition coefficient (Wildman–Crippen LogP) is 3.87. The van der Waals surface area contributed by atoms with Gasteiger partial charge in [0, 0.05) is 61.8 Å². The second kappa shape index (κ2) is 10.2. The number of hydrogen-bond donors (Lipinski definition) is 4. The Labute approximate surface area is 214 Å². The standard InChI is InChI=1S/C29H39N5O2/c1-19-25(21-7-8-21)10-12-34(19)24-9-11-32-27(15-24)33-28-26(36-28)14-20-5-4-6-22(13-20)23(16-30)17-31-18-29(2,3)35/h4-6,9,11,13,15,17,21,25-26,28,31,35H,1,7-8,10,12,14,16,18,30H2,2-3H3,(H,32,33)/b23-17+. The van der Waals surface area contributed by atoms with Crippen molar-refractivity contribution < 1.29 is 9.84 Å². The van der Waals surface area contributed by atoms with Crippen LogP contribution in [-0.2, 0) is 11.2 Å². The SMILES string of the molecule is C=C1C(C2CC2)CCN1c1ccnc(NC2OC2Cc2cccc(/C(=C/NCC(C)(C)O)CN)c2)c1. The average molecular weight is 490 g/mol. The fourth-order valence-corrected chi connectivity index (χ4v) is 5.13. The second-order valence-electron chi connectivity index (χ2n) is 11.0. The number of nitrogens with one attached hydrogen (secondary N) is 2. The third-order valence-corrected chi connectivity index (χ3v) is 7.32. The molecule has 7 nitrogen and oxygen atoms in total. The minimum Gasteiger partial charge on any atom is -0.389 e. The number of ether oxygens (including phenoxy) is 1. The molecule has 0 radical (unpaired) electrons. The molecule has 7 heteroatoms.